The lowest BCUT2D eigenvalue weighted by atomic mass is 9.39. The summed E-state index contributed by atoms with van der Waals surface area (Å²) in [5.41, 5.74) is 18.8. The summed E-state index contributed by atoms with van der Waals surface area (Å²) < 4.78 is 14.1. The summed E-state index contributed by atoms with van der Waals surface area (Å²) in [6.45, 7) is 11.6. The first-order valence-corrected chi connectivity index (χ1v) is 60.5. The second-order valence-corrected chi connectivity index (χ2v) is 63.7. The molecule has 2 nitrogen and oxygen atoms in total. The summed E-state index contributed by atoms with van der Waals surface area (Å²) in [5.74, 6) is 2.18. The molecule has 4 unspecified atom stereocenters. The van der Waals surface area contributed by atoms with Gasteiger partial charge in [-0.15, -0.1) is 0 Å². The van der Waals surface area contributed by atoms with Crippen molar-refractivity contribution < 1.29 is 9.47 Å². The molecule has 0 bridgehead atoms. The summed E-state index contributed by atoms with van der Waals surface area (Å²) in [6.07, 6.45) is 0. The van der Waals surface area contributed by atoms with Gasteiger partial charge >= 0.3 is 0 Å². The maximum Gasteiger partial charge on any atom is 0.118 e. The van der Waals surface area contributed by atoms with Crippen molar-refractivity contribution in [1.29, 1.82) is 0 Å². The third-order valence-corrected chi connectivity index (χ3v) is 59.0. The molecule has 0 radical (unpaired) electrons. The van der Waals surface area contributed by atoms with Crippen molar-refractivity contribution in [2.24, 2.45) is 0 Å². The molecule has 0 heterocycles. The van der Waals surface area contributed by atoms with Gasteiger partial charge in [0.25, 0.3) is 0 Å². The van der Waals surface area contributed by atoms with E-state index in [4.69, 9.17) is 9.47 Å². The van der Waals surface area contributed by atoms with Gasteiger partial charge in [0.2, 0.25) is 0 Å². The maximum atomic E-state index is 7.07. The average molecular weight is 1800 g/mol. The predicted molar refractivity (Wildman–Crippen MR) is 614 cm³/mol. The van der Waals surface area contributed by atoms with Gasteiger partial charge < -0.3 is 9.47 Å². The lowest BCUT2D eigenvalue weighted by Gasteiger charge is -2.61. The second-order valence-electron chi connectivity index (χ2n) is 54.3. The van der Waals surface area contributed by atoms with E-state index >= 15 is 0 Å². The second kappa shape index (κ2) is 13.0. The van der Waals surface area contributed by atoms with Crippen LogP contribution >= 0.6 is 0 Å². The van der Waals surface area contributed by atoms with E-state index < -0.39 is 37.8 Å². The third kappa shape index (κ3) is 3.14. The van der Waals surface area contributed by atoms with Crippen LogP contribution in [-0.2, 0) is 21.7 Å². The van der Waals surface area contributed by atoms with Crippen molar-refractivity contribution in [2.75, 3.05) is 14.2 Å². The summed E-state index contributed by atoms with van der Waals surface area (Å²) in [6, 6.07) is 21.6. The Bertz CT molecular complexity index is 16000. The van der Waals surface area contributed by atoms with Crippen LogP contribution in [0.5, 0.6) is 11.5 Å². The Balaban J connectivity index is 0.739. The highest BCUT2D eigenvalue weighted by Gasteiger charge is 2.80. The number of ether oxygens (including phenoxy) is 2. The first kappa shape index (κ1) is 56.1. The van der Waals surface area contributed by atoms with E-state index in [1.54, 1.807) is 582 Å². The summed E-state index contributed by atoms with van der Waals surface area (Å²) in [5, 5.41) is 178. The minimum Gasteiger partial charge on any atom is -0.497 e. The van der Waals surface area contributed by atoms with E-state index in [0.717, 1.165) is 23.6 Å². The van der Waals surface area contributed by atoms with Crippen LogP contribution in [0.15, 0.2) is 48.5 Å². The van der Waals surface area contributed by atoms with Gasteiger partial charge in [0.15, 0.2) is 0 Å². The van der Waals surface area contributed by atoms with Gasteiger partial charge in [-0.25, -0.2) is 0 Å². The van der Waals surface area contributed by atoms with Gasteiger partial charge in [0.05, 0.1) is 41.2 Å². The lowest BCUT2D eigenvalue weighted by Crippen LogP contribution is -2.60. The fourth-order valence-corrected chi connectivity index (χ4v) is 59.3. The number of hydrogen-bond donors (Lipinski definition) is 0. The van der Waals surface area contributed by atoms with Gasteiger partial charge in [-0.3, -0.25) is 0 Å². The molecule has 0 aliphatic heterocycles. The van der Waals surface area contributed by atoms with Crippen molar-refractivity contribution in [3.05, 3.63) is 115 Å². The molecule has 4 atom stereocenters. The molecule has 144 heavy (non-hydrogen) atoms. The Hall–Kier alpha value is -16.6. The van der Waals surface area contributed by atoms with E-state index in [1.165, 1.54) is 10.4 Å². The van der Waals surface area contributed by atoms with Crippen molar-refractivity contribution in [3.8, 4) is 11.5 Å². The highest BCUT2D eigenvalue weighted by Crippen LogP contribution is 2.94. The molecular formula is C140H30O2Si2. The summed E-state index contributed by atoms with van der Waals surface area (Å²) >= 11 is 0. The van der Waals surface area contributed by atoms with Crippen molar-refractivity contribution in [2.45, 2.75) is 59.9 Å². The molecule has 0 amide bonds. The van der Waals surface area contributed by atoms with Gasteiger partial charge in [-0.1, -0.05) is 62.6 Å². The highest BCUT2D eigenvalue weighted by atomic mass is 28.3. The van der Waals surface area contributed by atoms with Crippen molar-refractivity contribution in [3.63, 3.8) is 0 Å². The Morgan fingerprint density at radius 1 is 0.139 bits per heavy atom. The SMILES string of the molecule is COc1ccccc1[Si](C)(C)CC12c3c4c5c6c7c8c9c%10c(c1c1c%11c2c2c%12c3c5c3c5c%12c%12c2c2c%11c%11c%13c1c%10c1c%10c9c9c7c7c6c3c3c5c5c%12c6c2c%11c2c(c%131)c1c%10c9c9c7c3c3c9c1c2c6c53)C48C12c3c4c5c6c7c8c9c%10c(c1c1c%11c2c2c%12c3c5c3c5c6c6c7c7c9c9c%13c%10c1c1c%10c%11c%11c2c2c%12c3c3c5c5c6c6c7c9c7c(c%131)c1c%10c%11c9c2c3c2c9c1c7c6c52)C48C[Si](C)(C)c1ccccc1OC. The monoisotopic (exact) mass is 1800 g/mol. The van der Waals surface area contributed by atoms with Crippen LogP contribution in [0.25, 0.3) is 560 Å². The molecule has 10 aliphatic carbocycles. The number of hydrogen-bond acceptors (Lipinski definition) is 2. The fourth-order valence-electron chi connectivity index (χ4n) is 52.4. The van der Waals surface area contributed by atoms with Crippen LogP contribution < -0.4 is 19.8 Å². The number of rotatable bonds is 9. The van der Waals surface area contributed by atoms with Gasteiger partial charge in [0.1, 0.15) is 11.5 Å². The summed E-state index contributed by atoms with van der Waals surface area (Å²) in [7, 11) is -1.75. The Labute approximate surface area is 790 Å². The molecular weight excluding hydrogens is 1770 g/mol. The minimum absolute atomic E-state index is 0.607. The van der Waals surface area contributed by atoms with Crippen molar-refractivity contribution in [1.82, 2.24) is 0 Å². The number of benzene rings is 36. The number of methoxy groups -OCH3 is 2. The zero-order chi connectivity index (χ0) is 86.8. The molecule has 0 saturated carbocycles. The zero-order valence-electron chi connectivity index (χ0n) is 75.8. The standard InChI is InChI=1S/C140H30O2Si2/c1-141-17-11-7-9-13-19(17)143(3,4)15-137-125-109-91-77-51-37-25-27-31-23-21-29(25)47(51)59-55-33(21)41-35(23)57-61-49(31)53-39(27)45-43(37)65-81-67(45)85-79(53)93-89(61)97-71(57)75-63(41)73-69(55)95(87(59)91)117(125)121-99(73)101(75)123-119(97)127-111(93)105(85)115-107(81)113(103(109)83(65)77)129(137)133(115)139(127,135(123)131(121)137)140-128-112-94-80-54-40-28-26-30-22-24-32(28)50(54)62-58-36(24)42-34(22)56-60-48(30)52-38(26)44-46(40)68-82-66(44)84-78(52)92-88(60)96-70(56)74-64(42)76-72(58)98(90(62)94)120(128)124-102(76)100(74)122-118(96)126-110(92)104(84)114-108(82)116(106(112)86(68)80)134(140)130(114)138(126,132(122)136(124)140)16-144(5,6)20-14-10-8-12-18(20)142-2/h7-14H,15-16H2,1-6H3. The normalized spacial score (nSPS) is 21.8. The molecule has 0 aromatic heterocycles. The van der Waals surface area contributed by atoms with E-state index in [-0.39, 0.29) is 0 Å². The predicted octanol–water partition coefficient (Wildman–Crippen LogP) is 36.2. The molecule has 66 rings (SSSR count). The van der Waals surface area contributed by atoms with E-state index in [0.29, 0.717) is 0 Å². The zero-order valence-corrected chi connectivity index (χ0v) is 77.8. The molecule has 10 aliphatic rings. The summed E-state index contributed by atoms with van der Waals surface area (Å²) in [4.78, 5) is 0. The van der Waals surface area contributed by atoms with Crippen LogP contribution in [0.2, 0.25) is 38.3 Å². The van der Waals surface area contributed by atoms with Crippen LogP contribution in [0.3, 0.4) is 0 Å². The van der Waals surface area contributed by atoms with Crippen LogP contribution in [-0.4, -0.2) is 30.4 Å². The molecule has 0 N–H and O–H groups in total. The molecule has 56 aromatic carbocycles. The average Bonchev–Trinajstić information content (AvgIpc) is 1.37. The Morgan fingerprint density at radius 3 is 0.424 bits per heavy atom. The van der Waals surface area contributed by atoms with Crippen molar-refractivity contribution >= 4 is 587 Å². The number of para-hydroxylation sites is 2. The largest absolute Gasteiger partial charge is 0.497 e. The fraction of sp³-hybridized carbons (Fsp3) is 0.0857. The lowest BCUT2D eigenvalue weighted by molar-refractivity contribution is 0.405. The smallest absolute Gasteiger partial charge is 0.118 e. The maximum absolute atomic E-state index is 7.07. The quantitative estimate of drug-likeness (QED) is 0.106. The highest BCUT2D eigenvalue weighted by molar-refractivity contribution is 6.94. The molecule has 56 aromatic rings. The van der Waals surface area contributed by atoms with E-state index in [2.05, 4.69) is 74.7 Å². The Morgan fingerprint density at radius 2 is 0.250 bits per heavy atom. The van der Waals surface area contributed by atoms with E-state index in [9.17, 15) is 0 Å². The Kier molecular flexibility index (Phi) is 5.06. The topological polar surface area (TPSA) is 18.5 Å². The molecule has 610 valence electrons. The molecule has 4 heteroatoms. The van der Waals surface area contributed by atoms with Gasteiger partial charge in [-0.2, -0.15) is 0 Å². The van der Waals surface area contributed by atoms with Crippen LogP contribution in [0.4, 0.5) is 0 Å². The molecule has 0 fully saturated rings. The third-order valence-electron chi connectivity index (χ3n) is 52.5. The van der Waals surface area contributed by atoms with Crippen LogP contribution in [0.1, 0.15) is 66.8 Å². The van der Waals surface area contributed by atoms with Gasteiger partial charge in [-0.05, 0) is 662 Å². The van der Waals surface area contributed by atoms with Crippen LogP contribution in [0, 0.1) is 0 Å². The first-order valence-electron chi connectivity index (χ1n) is 54.0. The van der Waals surface area contributed by atoms with E-state index in [1.807, 2.05) is 58.7 Å². The van der Waals surface area contributed by atoms with Gasteiger partial charge in [0, 0.05) is 10.8 Å². The minimum atomic E-state index is -2.90. The molecule has 0 saturated heterocycles. The molecule has 0 spiro atoms. The first-order chi connectivity index (χ1) is 71.2.